The second-order valence-electron chi connectivity index (χ2n) is 31.9. The van der Waals surface area contributed by atoms with Crippen molar-refractivity contribution in [1.29, 1.82) is 0 Å². The van der Waals surface area contributed by atoms with Gasteiger partial charge in [0.2, 0.25) is 0 Å². The third-order valence-corrected chi connectivity index (χ3v) is 24.5. The largest absolute Gasteiger partial charge is 0.311 e. The highest BCUT2D eigenvalue weighted by Crippen LogP contribution is 2.49. The van der Waals surface area contributed by atoms with Crippen molar-refractivity contribution in [3.05, 3.63) is 460 Å². The van der Waals surface area contributed by atoms with E-state index in [-0.39, 0.29) is 0 Å². The summed E-state index contributed by atoms with van der Waals surface area (Å²) in [5, 5.41) is 15.2. The summed E-state index contributed by atoms with van der Waals surface area (Å²) in [7, 11) is 0. The molecule has 2 aromatic heterocycles. The van der Waals surface area contributed by atoms with Gasteiger partial charge in [0.15, 0.2) is 0 Å². The van der Waals surface area contributed by atoms with Crippen LogP contribution in [-0.2, 0) is 6.42 Å². The zero-order chi connectivity index (χ0) is 80.9. The number of hydrogen-bond donors (Lipinski definition) is 0. The minimum absolute atomic E-state index is 0.449. The molecule has 0 bridgehead atoms. The van der Waals surface area contributed by atoms with Gasteiger partial charge in [0, 0.05) is 67.0 Å². The van der Waals surface area contributed by atoms with Crippen molar-refractivity contribution >= 4 is 121 Å². The van der Waals surface area contributed by atoms with Crippen molar-refractivity contribution in [3.8, 4) is 78.1 Å². The summed E-state index contributed by atoms with van der Waals surface area (Å²) < 4.78 is 4.79. The lowest BCUT2D eigenvalue weighted by Crippen LogP contribution is -2.09. The van der Waals surface area contributed by atoms with Gasteiger partial charge in [-0.3, -0.25) is 0 Å². The van der Waals surface area contributed by atoms with Gasteiger partial charge in [-0.2, -0.15) is 0 Å². The van der Waals surface area contributed by atoms with Crippen LogP contribution in [0.25, 0.3) is 165 Å². The molecule has 0 N–H and O–H groups in total. The lowest BCUT2D eigenvalue weighted by atomic mass is 9.86. The number of aromatic nitrogens is 2. The lowest BCUT2D eigenvalue weighted by Gasteiger charge is -2.26. The third kappa shape index (κ3) is 13.4. The number of aryl methyl sites for hydroxylation is 1. The van der Waals surface area contributed by atoms with E-state index >= 15 is 0 Å². The van der Waals surface area contributed by atoms with Crippen molar-refractivity contribution in [2.75, 3.05) is 9.80 Å². The molecule has 0 saturated heterocycles. The highest BCUT2D eigenvalue weighted by Gasteiger charge is 2.24. The van der Waals surface area contributed by atoms with Crippen LogP contribution >= 0.6 is 0 Å². The Kier molecular flexibility index (Phi) is 19.1. The van der Waals surface area contributed by atoms with E-state index in [4.69, 9.17) is 0 Å². The van der Waals surface area contributed by atoms with Crippen LogP contribution in [0.5, 0.6) is 0 Å². The van der Waals surface area contributed by atoms with Crippen LogP contribution in [0.15, 0.2) is 449 Å². The summed E-state index contributed by atoms with van der Waals surface area (Å²) in [6.45, 7) is 6.77. The molecule has 0 aliphatic rings. The van der Waals surface area contributed by atoms with Gasteiger partial charge in [-0.05, 0) is 279 Å². The van der Waals surface area contributed by atoms with Crippen molar-refractivity contribution in [2.45, 2.75) is 33.1 Å². The predicted octanol–water partition coefficient (Wildman–Crippen LogP) is 32.8. The molecule has 0 radical (unpaired) electrons. The van der Waals surface area contributed by atoms with Crippen molar-refractivity contribution < 1.29 is 0 Å². The number of anilines is 6. The monoisotopic (exact) mass is 1550 g/mol. The lowest BCUT2D eigenvalue weighted by molar-refractivity contribution is 0.868. The molecule has 0 aliphatic carbocycles. The minimum atomic E-state index is 0.449. The van der Waals surface area contributed by atoms with E-state index in [1.807, 2.05) is 0 Å². The van der Waals surface area contributed by atoms with Crippen LogP contribution < -0.4 is 9.80 Å². The molecule has 0 fully saturated rings. The van der Waals surface area contributed by atoms with Crippen molar-refractivity contribution in [2.24, 2.45) is 0 Å². The first-order chi connectivity index (χ1) is 59.8. The van der Waals surface area contributed by atoms with E-state index in [9.17, 15) is 0 Å². The minimum Gasteiger partial charge on any atom is -0.311 e. The van der Waals surface area contributed by atoms with Gasteiger partial charge >= 0.3 is 0 Å². The molecule has 20 aromatic carbocycles. The van der Waals surface area contributed by atoms with E-state index in [2.05, 4.69) is 489 Å². The van der Waals surface area contributed by atoms with Crippen LogP contribution in [0.4, 0.5) is 34.1 Å². The van der Waals surface area contributed by atoms with Gasteiger partial charge in [0.05, 0.1) is 22.1 Å². The van der Waals surface area contributed by atoms with Gasteiger partial charge < -0.3 is 18.9 Å². The number of para-hydroxylation sites is 4. The summed E-state index contributed by atoms with van der Waals surface area (Å²) >= 11 is 0. The van der Waals surface area contributed by atoms with Crippen LogP contribution in [0, 0.1) is 0 Å². The maximum absolute atomic E-state index is 2.40. The summed E-state index contributed by atoms with van der Waals surface area (Å²) in [4.78, 5) is 4.71. The standard InChI is InChI=1S/C59H44N2.C58H42N2/c1-40(2)44-30-36-56-54(38-44)55-39-45(31-37-57(55)61(56)47-20-10-5-11-21-47)41-26-32-48(33-27-41)60(46-18-8-4-9-19-46)49-34-28-43(29-35-49)59-52-24-14-12-22-50(52)58(42-16-6-3-7-17-42)51-23-13-15-25-53(51)59;1-2-40-26-36-55-53(38-40)54-39-44(31-37-56(54)60(55)46-20-10-5-11-21-46)41-27-32-47(33-28-41)59(45-18-8-4-9-19-45)48-34-29-43(30-35-48)58-51-24-14-12-22-49(51)57(42-16-6-3-7-17-42)50-23-13-15-25-52(50)58/h3-40H,1-2H3;3-39H,2H2,1H3. The Morgan fingerprint density at radius 1 is 0.198 bits per heavy atom. The van der Waals surface area contributed by atoms with Gasteiger partial charge in [-0.15, -0.1) is 0 Å². The van der Waals surface area contributed by atoms with Crippen LogP contribution in [0.3, 0.4) is 0 Å². The number of hydrogen-bond acceptors (Lipinski definition) is 2. The molecule has 121 heavy (non-hydrogen) atoms. The zero-order valence-electron chi connectivity index (χ0n) is 67.8. The smallest absolute Gasteiger partial charge is 0.0541 e. The zero-order valence-corrected chi connectivity index (χ0v) is 67.8. The molecule has 0 atom stereocenters. The quantitative estimate of drug-likeness (QED) is 0.0897. The van der Waals surface area contributed by atoms with Crippen molar-refractivity contribution in [3.63, 3.8) is 0 Å². The SMILES string of the molecule is CC(C)c1ccc2c(c1)c1cc(-c3ccc(N(c4ccccc4)c4ccc(-c5c6ccccc6c(-c6ccccc6)c6ccccc56)cc4)cc3)ccc1n2-c1ccccc1.CCc1ccc2c(c1)c1cc(-c3ccc(N(c4ccccc4)c4ccc(-c5c6ccccc6c(-c6ccccc6)c6ccccc56)cc4)cc3)ccc1n2-c1ccccc1. The molecule has 22 rings (SSSR count). The van der Waals surface area contributed by atoms with Crippen molar-refractivity contribution in [1.82, 2.24) is 9.13 Å². The second-order valence-corrected chi connectivity index (χ2v) is 31.9. The maximum Gasteiger partial charge on any atom is 0.0541 e. The molecule has 2 heterocycles. The predicted molar refractivity (Wildman–Crippen MR) is 517 cm³/mol. The topological polar surface area (TPSA) is 16.3 Å². The Morgan fingerprint density at radius 2 is 0.438 bits per heavy atom. The van der Waals surface area contributed by atoms with E-state index in [0.29, 0.717) is 5.92 Å². The summed E-state index contributed by atoms with van der Waals surface area (Å²) in [6, 6.07) is 164. The number of rotatable bonds is 16. The van der Waals surface area contributed by atoms with Gasteiger partial charge in [-0.1, -0.05) is 324 Å². The average molecular weight is 1550 g/mol. The fourth-order valence-corrected chi connectivity index (χ4v) is 18.7. The first kappa shape index (κ1) is 73.3. The Hall–Kier alpha value is -15.4. The Bertz CT molecular complexity index is 7450. The molecule has 574 valence electrons. The van der Waals surface area contributed by atoms with Crippen LogP contribution in [-0.4, -0.2) is 9.13 Å². The Balaban J connectivity index is 0.000000149. The van der Waals surface area contributed by atoms with E-state index < -0.39 is 0 Å². The fourth-order valence-electron chi connectivity index (χ4n) is 18.7. The Labute approximate surface area is 706 Å². The summed E-state index contributed by atoms with van der Waals surface area (Å²) in [6.07, 6.45) is 1.01. The van der Waals surface area contributed by atoms with E-state index in [1.165, 1.54) is 176 Å². The van der Waals surface area contributed by atoms with Gasteiger partial charge in [0.1, 0.15) is 0 Å². The summed E-state index contributed by atoms with van der Waals surface area (Å²) in [5.41, 5.74) is 31.3. The first-order valence-corrected chi connectivity index (χ1v) is 42.2. The average Bonchev–Trinajstić information content (AvgIpc) is 1.44. The molecule has 0 spiro atoms. The Morgan fingerprint density at radius 3 is 0.752 bits per heavy atom. The van der Waals surface area contributed by atoms with Gasteiger partial charge in [0.25, 0.3) is 0 Å². The third-order valence-electron chi connectivity index (χ3n) is 24.5. The normalized spacial score (nSPS) is 11.5. The number of benzene rings is 20. The second kappa shape index (κ2) is 31.6. The van der Waals surface area contributed by atoms with Crippen LogP contribution in [0.1, 0.15) is 37.8 Å². The van der Waals surface area contributed by atoms with Gasteiger partial charge in [-0.25, -0.2) is 0 Å². The first-order valence-electron chi connectivity index (χ1n) is 42.2. The highest BCUT2D eigenvalue weighted by atomic mass is 15.1. The molecule has 4 nitrogen and oxygen atoms in total. The molecule has 0 saturated carbocycles. The van der Waals surface area contributed by atoms with Crippen LogP contribution in [0.2, 0.25) is 0 Å². The van der Waals surface area contributed by atoms with E-state index in [0.717, 1.165) is 40.5 Å². The fraction of sp³-hybridized carbons (Fsp3) is 0.0427. The molecular weight excluding hydrogens is 1460 g/mol. The molecule has 4 heteroatoms. The number of fused-ring (bicyclic) bond motifs is 10. The number of nitrogens with zero attached hydrogens (tertiary/aromatic N) is 4. The molecule has 0 aliphatic heterocycles. The molecule has 0 unspecified atom stereocenters. The molecule has 0 amide bonds. The highest BCUT2D eigenvalue weighted by molar-refractivity contribution is 6.23. The maximum atomic E-state index is 2.40. The van der Waals surface area contributed by atoms with E-state index in [1.54, 1.807) is 0 Å². The molecular formula is C117H86N4. The summed E-state index contributed by atoms with van der Waals surface area (Å²) in [5.74, 6) is 0.449. The molecule has 22 aromatic rings.